The Kier molecular flexibility index (Phi) is 8.70. The third kappa shape index (κ3) is 5.23. The van der Waals surface area contributed by atoms with E-state index in [1.54, 1.807) is 19.2 Å². The number of nitrogens with zero attached hydrogens (tertiary/aromatic N) is 1. The minimum absolute atomic E-state index is 0. The van der Waals surface area contributed by atoms with Crippen LogP contribution in [0.5, 0.6) is 17.2 Å². The number of piperidine rings is 1. The number of carbonyl (C=O) groups is 1. The highest BCUT2D eigenvalue weighted by Gasteiger charge is 2.29. The second-order valence-corrected chi connectivity index (χ2v) is 7.35. The lowest BCUT2D eigenvalue weighted by Gasteiger charge is -2.38. The second-order valence-electron chi connectivity index (χ2n) is 7.35. The van der Waals surface area contributed by atoms with Gasteiger partial charge in [0, 0.05) is 6.04 Å². The summed E-state index contributed by atoms with van der Waals surface area (Å²) in [4.78, 5) is 15.3. The molecule has 1 heterocycles. The lowest BCUT2D eigenvalue weighted by molar-refractivity contribution is 0.00928. The third-order valence-corrected chi connectivity index (χ3v) is 5.72. The van der Waals surface area contributed by atoms with Crippen molar-refractivity contribution in [2.75, 3.05) is 34.4 Å². The van der Waals surface area contributed by atoms with E-state index in [4.69, 9.17) is 18.9 Å². The van der Waals surface area contributed by atoms with E-state index in [1.165, 1.54) is 46.6 Å². The monoisotopic (exact) mass is 413 g/mol. The summed E-state index contributed by atoms with van der Waals surface area (Å²) in [7, 11) is 4.61. The van der Waals surface area contributed by atoms with Crippen LogP contribution >= 0.6 is 12.4 Å². The normalized spacial score (nSPS) is 22.7. The quantitative estimate of drug-likeness (QED) is 0.655. The minimum Gasteiger partial charge on any atom is -0.493 e. The zero-order valence-corrected chi connectivity index (χ0v) is 17.9. The van der Waals surface area contributed by atoms with Gasteiger partial charge < -0.3 is 23.8 Å². The van der Waals surface area contributed by atoms with Gasteiger partial charge in [0.15, 0.2) is 11.5 Å². The third-order valence-electron chi connectivity index (χ3n) is 5.72. The summed E-state index contributed by atoms with van der Waals surface area (Å²) in [5.74, 6) is 1.05. The molecule has 0 N–H and O–H groups in total. The van der Waals surface area contributed by atoms with E-state index in [9.17, 15) is 4.79 Å². The van der Waals surface area contributed by atoms with Crippen LogP contribution in [0.4, 0.5) is 0 Å². The molecule has 2 aliphatic rings. The molecule has 0 spiro atoms. The Labute approximate surface area is 173 Å². The van der Waals surface area contributed by atoms with Crippen LogP contribution in [0.2, 0.25) is 0 Å². The van der Waals surface area contributed by atoms with E-state index in [1.807, 2.05) is 0 Å². The number of carbonyl (C=O) groups excluding carboxylic acids is 1. The van der Waals surface area contributed by atoms with Gasteiger partial charge in [0.05, 0.1) is 26.9 Å². The largest absolute Gasteiger partial charge is 0.493 e. The van der Waals surface area contributed by atoms with Crippen molar-refractivity contribution >= 4 is 18.4 Å². The summed E-state index contributed by atoms with van der Waals surface area (Å²) in [6, 6.07) is 3.94. The Morgan fingerprint density at radius 2 is 1.46 bits per heavy atom. The highest BCUT2D eigenvalue weighted by Crippen LogP contribution is 2.38. The fraction of sp³-hybridized carbons (Fsp3) is 0.667. The number of methoxy groups -OCH3 is 3. The Morgan fingerprint density at radius 1 is 0.893 bits per heavy atom. The molecule has 0 aromatic heterocycles. The summed E-state index contributed by atoms with van der Waals surface area (Å²) in [5, 5.41) is 0. The van der Waals surface area contributed by atoms with E-state index in [-0.39, 0.29) is 24.5 Å². The van der Waals surface area contributed by atoms with Crippen LogP contribution in [0.15, 0.2) is 12.1 Å². The van der Waals surface area contributed by atoms with Gasteiger partial charge in [-0.2, -0.15) is 0 Å². The van der Waals surface area contributed by atoms with Gasteiger partial charge in [0.25, 0.3) is 0 Å². The summed E-state index contributed by atoms with van der Waals surface area (Å²) in [5.41, 5.74) is 0.419. The number of benzene rings is 1. The van der Waals surface area contributed by atoms with Crippen molar-refractivity contribution < 1.29 is 23.7 Å². The maximum absolute atomic E-state index is 12.6. The number of esters is 1. The molecule has 1 aromatic carbocycles. The molecule has 28 heavy (non-hydrogen) atoms. The molecule has 2 fully saturated rings. The topological polar surface area (TPSA) is 57.2 Å². The number of hydrogen-bond acceptors (Lipinski definition) is 6. The second kappa shape index (κ2) is 10.8. The SMILES string of the molecule is COc1cc(C(=O)OC2CCC(N3CCCCC3)CC2)cc(OC)c1OC.Cl. The highest BCUT2D eigenvalue weighted by atomic mass is 35.5. The molecule has 7 heteroatoms. The minimum atomic E-state index is -0.337. The molecule has 1 aromatic rings. The van der Waals surface area contributed by atoms with Gasteiger partial charge in [0.1, 0.15) is 6.10 Å². The molecule has 1 saturated carbocycles. The molecule has 0 unspecified atom stereocenters. The molecule has 0 amide bonds. The van der Waals surface area contributed by atoms with Crippen molar-refractivity contribution in [2.24, 2.45) is 0 Å². The molecular formula is C21H32ClNO5. The molecule has 0 radical (unpaired) electrons. The van der Waals surface area contributed by atoms with Gasteiger partial charge in [0.2, 0.25) is 5.75 Å². The zero-order chi connectivity index (χ0) is 19.2. The highest BCUT2D eigenvalue weighted by molar-refractivity contribution is 5.91. The molecule has 0 bridgehead atoms. The van der Waals surface area contributed by atoms with Gasteiger partial charge in [-0.3, -0.25) is 0 Å². The van der Waals surface area contributed by atoms with Crippen molar-refractivity contribution in [3.8, 4) is 17.2 Å². The average Bonchev–Trinajstić information content (AvgIpc) is 2.73. The van der Waals surface area contributed by atoms with Crippen molar-refractivity contribution in [3.05, 3.63) is 17.7 Å². The average molecular weight is 414 g/mol. The molecule has 1 saturated heterocycles. The number of likely N-dealkylation sites (tertiary alicyclic amines) is 1. The molecule has 1 aliphatic heterocycles. The van der Waals surface area contributed by atoms with Gasteiger partial charge in [-0.15, -0.1) is 12.4 Å². The van der Waals surface area contributed by atoms with Crippen LogP contribution in [-0.2, 0) is 4.74 Å². The smallest absolute Gasteiger partial charge is 0.338 e. The predicted molar refractivity (Wildman–Crippen MR) is 110 cm³/mol. The Balaban J connectivity index is 0.00000280. The number of halogens is 1. The summed E-state index contributed by atoms with van der Waals surface area (Å²) >= 11 is 0. The Hall–Kier alpha value is -1.66. The van der Waals surface area contributed by atoms with E-state index >= 15 is 0 Å². The van der Waals surface area contributed by atoms with E-state index in [0.29, 0.717) is 28.9 Å². The molecular weight excluding hydrogens is 382 g/mol. The number of ether oxygens (including phenoxy) is 4. The van der Waals surface area contributed by atoms with Gasteiger partial charge >= 0.3 is 5.97 Å². The first-order valence-corrected chi connectivity index (χ1v) is 9.91. The maximum Gasteiger partial charge on any atom is 0.338 e. The first-order valence-electron chi connectivity index (χ1n) is 9.91. The van der Waals surface area contributed by atoms with Crippen molar-refractivity contribution in [1.29, 1.82) is 0 Å². The van der Waals surface area contributed by atoms with Crippen molar-refractivity contribution in [3.63, 3.8) is 0 Å². The number of hydrogen-bond donors (Lipinski definition) is 0. The predicted octanol–water partition coefficient (Wildman–Crippen LogP) is 4.09. The lowest BCUT2D eigenvalue weighted by atomic mass is 9.90. The molecule has 158 valence electrons. The Bertz CT molecular complexity index is 615. The molecule has 1 aliphatic carbocycles. The van der Waals surface area contributed by atoms with E-state index in [2.05, 4.69) is 4.90 Å². The van der Waals surface area contributed by atoms with E-state index < -0.39 is 0 Å². The maximum atomic E-state index is 12.6. The van der Waals surface area contributed by atoms with Crippen LogP contribution < -0.4 is 14.2 Å². The lowest BCUT2D eigenvalue weighted by Crippen LogP contribution is -2.42. The number of rotatable bonds is 6. The summed E-state index contributed by atoms with van der Waals surface area (Å²) < 4.78 is 21.7. The molecule has 3 rings (SSSR count). The summed E-state index contributed by atoms with van der Waals surface area (Å²) in [6.07, 6.45) is 8.04. The van der Waals surface area contributed by atoms with Gasteiger partial charge in [-0.05, 0) is 63.7 Å². The molecule has 6 nitrogen and oxygen atoms in total. The zero-order valence-electron chi connectivity index (χ0n) is 17.1. The van der Waals surface area contributed by atoms with Crippen molar-refractivity contribution in [1.82, 2.24) is 4.90 Å². The Morgan fingerprint density at radius 3 is 1.96 bits per heavy atom. The van der Waals surface area contributed by atoms with E-state index in [0.717, 1.165) is 25.7 Å². The van der Waals surface area contributed by atoms with Crippen molar-refractivity contribution in [2.45, 2.75) is 57.1 Å². The van der Waals surface area contributed by atoms with Gasteiger partial charge in [-0.25, -0.2) is 4.79 Å². The summed E-state index contributed by atoms with van der Waals surface area (Å²) in [6.45, 7) is 2.45. The standard InChI is InChI=1S/C21H31NO5.ClH/c1-24-18-13-15(14-19(25-2)20(18)26-3)21(23)27-17-9-7-16(8-10-17)22-11-5-4-6-12-22;/h13-14,16-17H,4-12H2,1-3H3;1H. The van der Waals surface area contributed by atoms with Gasteiger partial charge in [-0.1, -0.05) is 6.42 Å². The fourth-order valence-electron chi connectivity index (χ4n) is 4.23. The van der Waals surface area contributed by atoms with Crippen LogP contribution in [0, 0.1) is 0 Å². The van der Waals surface area contributed by atoms with Crippen LogP contribution in [0.1, 0.15) is 55.3 Å². The fourth-order valence-corrected chi connectivity index (χ4v) is 4.23. The first-order chi connectivity index (χ1) is 13.2. The van der Waals surface area contributed by atoms with Crippen LogP contribution in [0.3, 0.4) is 0 Å². The van der Waals surface area contributed by atoms with Crippen LogP contribution in [0.25, 0.3) is 0 Å². The first kappa shape index (κ1) is 22.6. The van der Waals surface area contributed by atoms with Crippen LogP contribution in [-0.4, -0.2) is 57.4 Å². The molecule has 0 atom stereocenters.